The Bertz CT molecular complexity index is 1880. The van der Waals surface area contributed by atoms with Gasteiger partial charge in [0.2, 0.25) is 5.91 Å². The molecule has 1 atom stereocenters. The van der Waals surface area contributed by atoms with E-state index in [-0.39, 0.29) is 11.6 Å². The zero-order valence-corrected chi connectivity index (χ0v) is 25.8. The summed E-state index contributed by atoms with van der Waals surface area (Å²) in [6.07, 6.45) is 1.49. The number of thioether (sulfide) groups is 1. The molecule has 3 amide bonds. The average molecular weight is 641 g/mol. The Labute approximate surface area is 269 Å². The Kier molecular flexibility index (Phi) is 10.0. The molecule has 5 aromatic rings. The van der Waals surface area contributed by atoms with Gasteiger partial charge in [0.15, 0.2) is 0 Å². The first-order chi connectivity index (χ1) is 21.2. The molecular formula is C35H27Cl2N3O3S. The van der Waals surface area contributed by atoms with Crippen molar-refractivity contribution in [2.75, 3.05) is 10.6 Å². The van der Waals surface area contributed by atoms with E-state index in [9.17, 15) is 14.4 Å². The van der Waals surface area contributed by atoms with Gasteiger partial charge in [-0.25, -0.2) is 0 Å². The van der Waals surface area contributed by atoms with Crippen LogP contribution in [0.1, 0.15) is 22.8 Å². The van der Waals surface area contributed by atoms with Crippen LogP contribution in [-0.4, -0.2) is 23.0 Å². The summed E-state index contributed by atoms with van der Waals surface area (Å²) < 4.78 is 0. The van der Waals surface area contributed by atoms with E-state index in [1.807, 2.05) is 55.5 Å². The Hall–Kier alpha value is -4.56. The highest BCUT2D eigenvalue weighted by Gasteiger charge is 2.18. The van der Waals surface area contributed by atoms with Crippen LogP contribution < -0.4 is 16.0 Å². The maximum Gasteiger partial charge on any atom is 0.272 e. The third kappa shape index (κ3) is 8.08. The van der Waals surface area contributed by atoms with Gasteiger partial charge in [-0.1, -0.05) is 83.9 Å². The quantitative estimate of drug-likeness (QED) is 0.111. The van der Waals surface area contributed by atoms with E-state index >= 15 is 0 Å². The van der Waals surface area contributed by atoms with Crippen LogP contribution in [0.25, 0.3) is 16.8 Å². The van der Waals surface area contributed by atoms with Crippen LogP contribution >= 0.6 is 35.0 Å². The molecule has 0 aliphatic rings. The molecule has 0 aliphatic heterocycles. The summed E-state index contributed by atoms with van der Waals surface area (Å²) in [6.45, 7) is 1.82. The lowest BCUT2D eigenvalue weighted by atomic mass is 10.1. The monoisotopic (exact) mass is 639 g/mol. The van der Waals surface area contributed by atoms with Crippen molar-refractivity contribution >= 4 is 80.9 Å². The van der Waals surface area contributed by atoms with Crippen molar-refractivity contribution in [3.63, 3.8) is 0 Å². The number of carbonyl (C=O) groups excluding carboxylic acids is 3. The van der Waals surface area contributed by atoms with E-state index < -0.39 is 17.1 Å². The number of amides is 3. The molecule has 220 valence electrons. The molecule has 6 nitrogen and oxygen atoms in total. The SMILES string of the molecule is CC(Sc1cccc(NC(=O)/C(=C\c2ccc(Cl)cc2Cl)NC(=O)c2ccccc2)c1)C(=O)Nc1ccc2ccccc2c1. The number of rotatable bonds is 9. The molecule has 0 heterocycles. The standard InChI is InChI=1S/C35H27Cl2N3O3S/c1-22(33(41)38-29-17-15-23-8-5-6-11-25(23)18-29)44-30-13-7-12-28(21-30)39-35(43)32(19-26-14-16-27(36)20-31(26)37)40-34(42)24-9-3-2-4-10-24/h2-22H,1H3,(H,38,41)(H,39,43)(H,40,42)/b32-19+. The summed E-state index contributed by atoms with van der Waals surface area (Å²) in [7, 11) is 0. The minimum atomic E-state index is -0.551. The third-order valence-corrected chi connectivity index (χ3v) is 8.24. The molecule has 5 aromatic carbocycles. The number of fused-ring (bicyclic) bond motifs is 1. The van der Waals surface area contributed by atoms with E-state index in [1.165, 1.54) is 17.8 Å². The van der Waals surface area contributed by atoms with Gasteiger partial charge in [-0.15, -0.1) is 11.8 Å². The Morgan fingerprint density at radius 2 is 1.45 bits per heavy atom. The molecule has 44 heavy (non-hydrogen) atoms. The summed E-state index contributed by atoms with van der Waals surface area (Å²) in [5.41, 5.74) is 2.10. The number of halogens is 2. The molecule has 0 aliphatic carbocycles. The molecule has 9 heteroatoms. The second kappa shape index (κ2) is 14.3. The average Bonchev–Trinajstić information content (AvgIpc) is 3.02. The van der Waals surface area contributed by atoms with Crippen molar-refractivity contribution in [3.8, 4) is 0 Å². The number of benzene rings is 5. The van der Waals surface area contributed by atoms with Gasteiger partial charge in [-0.05, 0) is 83.9 Å². The van der Waals surface area contributed by atoms with E-state index in [4.69, 9.17) is 23.2 Å². The van der Waals surface area contributed by atoms with E-state index in [0.29, 0.717) is 26.9 Å². The lowest BCUT2D eigenvalue weighted by Crippen LogP contribution is -2.30. The number of hydrogen-bond donors (Lipinski definition) is 3. The fourth-order valence-corrected chi connectivity index (χ4v) is 5.72. The molecule has 3 N–H and O–H groups in total. The van der Waals surface area contributed by atoms with E-state index in [1.54, 1.807) is 66.7 Å². The molecule has 0 fully saturated rings. The van der Waals surface area contributed by atoms with Gasteiger partial charge in [0, 0.05) is 31.9 Å². The van der Waals surface area contributed by atoms with Gasteiger partial charge >= 0.3 is 0 Å². The largest absolute Gasteiger partial charge is 0.325 e. The van der Waals surface area contributed by atoms with Crippen LogP contribution in [0.2, 0.25) is 10.0 Å². The zero-order valence-electron chi connectivity index (χ0n) is 23.5. The van der Waals surface area contributed by atoms with Crippen molar-refractivity contribution in [1.29, 1.82) is 0 Å². The normalized spacial score (nSPS) is 11.9. The molecule has 0 bridgehead atoms. The first kappa shape index (κ1) is 30.9. The Balaban J connectivity index is 1.29. The van der Waals surface area contributed by atoms with Crippen molar-refractivity contribution in [2.24, 2.45) is 0 Å². The number of anilines is 2. The van der Waals surface area contributed by atoms with Crippen molar-refractivity contribution in [2.45, 2.75) is 17.1 Å². The number of carbonyl (C=O) groups is 3. The fourth-order valence-electron chi connectivity index (χ4n) is 4.33. The second-order valence-electron chi connectivity index (χ2n) is 9.84. The molecule has 0 aromatic heterocycles. The topological polar surface area (TPSA) is 87.3 Å². The van der Waals surface area contributed by atoms with Crippen LogP contribution in [0.3, 0.4) is 0 Å². The summed E-state index contributed by atoms with van der Waals surface area (Å²) in [5.74, 6) is -1.15. The highest BCUT2D eigenvalue weighted by Crippen LogP contribution is 2.28. The fraction of sp³-hybridized carbons (Fsp3) is 0.0571. The molecular weight excluding hydrogens is 613 g/mol. The smallest absolute Gasteiger partial charge is 0.272 e. The van der Waals surface area contributed by atoms with Crippen molar-refractivity contribution in [1.82, 2.24) is 5.32 Å². The van der Waals surface area contributed by atoms with Crippen molar-refractivity contribution in [3.05, 3.63) is 142 Å². The number of hydrogen-bond acceptors (Lipinski definition) is 4. The van der Waals surface area contributed by atoms with Crippen LogP contribution in [0, 0.1) is 0 Å². The molecule has 0 spiro atoms. The minimum absolute atomic E-state index is 0.00994. The van der Waals surface area contributed by atoms with E-state index in [0.717, 1.165) is 21.4 Å². The molecule has 1 unspecified atom stereocenters. The van der Waals surface area contributed by atoms with Crippen LogP contribution in [0.4, 0.5) is 11.4 Å². The summed E-state index contributed by atoms with van der Waals surface area (Å²) >= 11 is 13.8. The van der Waals surface area contributed by atoms with Gasteiger partial charge in [-0.3, -0.25) is 14.4 Å². The highest BCUT2D eigenvalue weighted by molar-refractivity contribution is 8.00. The van der Waals surface area contributed by atoms with Crippen LogP contribution in [-0.2, 0) is 9.59 Å². The predicted molar refractivity (Wildman–Crippen MR) is 181 cm³/mol. The molecule has 0 saturated heterocycles. The van der Waals surface area contributed by atoms with Crippen LogP contribution in [0.15, 0.2) is 126 Å². The van der Waals surface area contributed by atoms with Gasteiger partial charge in [0.1, 0.15) is 5.70 Å². The van der Waals surface area contributed by atoms with Crippen LogP contribution in [0.5, 0.6) is 0 Å². The van der Waals surface area contributed by atoms with E-state index in [2.05, 4.69) is 16.0 Å². The zero-order chi connectivity index (χ0) is 31.1. The summed E-state index contributed by atoms with van der Waals surface area (Å²) in [4.78, 5) is 40.2. The highest BCUT2D eigenvalue weighted by atomic mass is 35.5. The third-order valence-electron chi connectivity index (χ3n) is 6.58. The number of nitrogens with one attached hydrogen (secondary N) is 3. The maximum absolute atomic E-state index is 13.5. The van der Waals surface area contributed by atoms with Gasteiger partial charge < -0.3 is 16.0 Å². The molecule has 0 radical (unpaired) electrons. The maximum atomic E-state index is 13.5. The van der Waals surface area contributed by atoms with Crippen molar-refractivity contribution < 1.29 is 14.4 Å². The molecule has 0 saturated carbocycles. The molecule has 5 rings (SSSR count). The second-order valence-corrected chi connectivity index (χ2v) is 12.1. The first-order valence-electron chi connectivity index (χ1n) is 13.7. The Morgan fingerprint density at radius 1 is 0.727 bits per heavy atom. The van der Waals surface area contributed by atoms with Gasteiger partial charge in [0.25, 0.3) is 11.8 Å². The lowest BCUT2D eigenvalue weighted by molar-refractivity contribution is -0.115. The first-order valence-corrected chi connectivity index (χ1v) is 15.3. The minimum Gasteiger partial charge on any atom is -0.325 e. The lowest BCUT2D eigenvalue weighted by Gasteiger charge is -2.14. The predicted octanol–water partition coefficient (Wildman–Crippen LogP) is 8.68. The Morgan fingerprint density at radius 3 is 2.23 bits per heavy atom. The van der Waals surface area contributed by atoms with Gasteiger partial charge in [0.05, 0.1) is 5.25 Å². The summed E-state index contributed by atoms with van der Waals surface area (Å²) in [5, 5.41) is 11.0. The summed E-state index contributed by atoms with van der Waals surface area (Å²) in [6, 6.07) is 34.3. The van der Waals surface area contributed by atoms with Gasteiger partial charge in [-0.2, -0.15) is 0 Å².